The Morgan fingerprint density at radius 3 is 2.65 bits per heavy atom. The Morgan fingerprint density at radius 1 is 1.18 bits per heavy atom. The fourth-order valence-electron chi connectivity index (χ4n) is 1.36. The van der Waals surface area contributed by atoms with Crippen molar-refractivity contribution in [3.8, 4) is 0 Å². The molecular formula is C11H11ClN4S. The fraction of sp³-hybridized carbons (Fsp3) is 0.273. The molecule has 0 atom stereocenters. The Bertz CT molecular complexity index is 504. The summed E-state index contributed by atoms with van der Waals surface area (Å²) in [6.07, 6.45) is 6.46. The molecule has 0 aliphatic heterocycles. The Balaban J connectivity index is 2.36. The van der Waals surface area contributed by atoms with Crippen LogP contribution in [0.25, 0.3) is 0 Å². The summed E-state index contributed by atoms with van der Waals surface area (Å²) in [7, 11) is 0. The van der Waals surface area contributed by atoms with Crippen molar-refractivity contribution in [3.05, 3.63) is 35.6 Å². The van der Waals surface area contributed by atoms with Crippen molar-refractivity contribution in [1.29, 1.82) is 0 Å². The number of rotatable bonds is 3. The van der Waals surface area contributed by atoms with E-state index in [-0.39, 0.29) is 5.92 Å². The van der Waals surface area contributed by atoms with Crippen molar-refractivity contribution in [3.63, 3.8) is 0 Å². The summed E-state index contributed by atoms with van der Waals surface area (Å²) in [5.41, 5.74) is 0.949. The highest BCUT2D eigenvalue weighted by Gasteiger charge is 2.14. The van der Waals surface area contributed by atoms with Crippen molar-refractivity contribution < 1.29 is 0 Å². The van der Waals surface area contributed by atoms with Gasteiger partial charge in [-0.15, -0.1) is 0 Å². The van der Waals surface area contributed by atoms with E-state index in [9.17, 15) is 0 Å². The molecule has 0 N–H and O–H groups in total. The van der Waals surface area contributed by atoms with Gasteiger partial charge in [0.15, 0.2) is 0 Å². The van der Waals surface area contributed by atoms with Crippen molar-refractivity contribution in [2.45, 2.75) is 29.8 Å². The third kappa shape index (κ3) is 2.92. The first-order chi connectivity index (χ1) is 8.18. The first-order valence-corrected chi connectivity index (χ1v) is 6.32. The van der Waals surface area contributed by atoms with Gasteiger partial charge in [0.25, 0.3) is 0 Å². The molecule has 0 saturated carbocycles. The van der Waals surface area contributed by atoms with Crippen LogP contribution in [0.1, 0.15) is 25.3 Å². The molecule has 0 aromatic carbocycles. The minimum absolute atomic E-state index is 0.267. The molecule has 2 aromatic rings. The van der Waals surface area contributed by atoms with Gasteiger partial charge in [-0.2, -0.15) is 0 Å². The summed E-state index contributed by atoms with van der Waals surface area (Å²) in [6, 6.07) is 0. The Kier molecular flexibility index (Phi) is 3.91. The lowest BCUT2D eigenvalue weighted by Crippen LogP contribution is -1.98. The molecule has 0 aliphatic carbocycles. The maximum absolute atomic E-state index is 6.09. The third-order valence-corrected chi connectivity index (χ3v) is 3.36. The molecule has 0 saturated heterocycles. The summed E-state index contributed by atoms with van der Waals surface area (Å²) in [5, 5.41) is 2.13. The molecule has 0 aliphatic rings. The van der Waals surface area contributed by atoms with Crippen molar-refractivity contribution >= 4 is 23.4 Å². The molecule has 6 heteroatoms. The van der Waals surface area contributed by atoms with E-state index in [1.807, 2.05) is 0 Å². The van der Waals surface area contributed by atoms with Crippen LogP contribution in [0.15, 0.2) is 35.0 Å². The molecule has 4 nitrogen and oxygen atoms in total. The van der Waals surface area contributed by atoms with Crippen LogP contribution < -0.4 is 0 Å². The smallest absolute Gasteiger partial charge is 0.137 e. The maximum atomic E-state index is 6.09. The molecule has 2 rings (SSSR count). The summed E-state index contributed by atoms with van der Waals surface area (Å²) in [5.74, 6) is 0.267. The highest BCUT2D eigenvalue weighted by Crippen LogP contribution is 2.33. The zero-order valence-corrected chi connectivity index (χ0v) is 11.0. The van der Waals surface area contributed by atoms with Gasteiger partial charge in [-0.05, 0) is 17.7 Å². The summed E-state index contributed by atoms with van der Waals surface area (Å²) in [4.78, 5) is 16.5. The lowest BCUT2D eigenvalue weighted by Gasteiger charge is -2.11. The summed E-state index contributed by atoms with van der Waals surface area (Å²) < 4.78 is 0. The van der Waals surface area contributed by atoms with Gasteiger partial charge in [0, 0.05) is 18.0 Å². The number of hydrogen-bond donors (Lipinski definition) is 0. The van der Waals surface area contributed by atoms with Crippen LogP contribution in [0.5, 0.6) is 0 Å². The van der Waals surface area contributed by atoms with Crippen LogP contribution in [0.2, 0.25) is 5.15 Å². The van der Waals surface area contributed by atoms with Crippen LogP contribution >= 0.6 is 23.4 Å². The molecule has 0 bridgehead atoms. The number of halogens is 1. The van der Waals surface area contributed by atoms with E-state index in [1.165, 1.54) is 18.1 Å². The van der Waals surface area contributed by atoms with E-state index in [0.29, 0.717) is 5.15 Å². The second-order valence-corrected chi connectivity index (χ2v) is 5.05. The van der Waals surface area contributed by atoms with Gasteiger partial charge in [0.1, 0.15) is 21.5 Å². The predicted octanol–water partition coefficient (Wildman–Crippen LogP) is 3.19. The highest BCUT2D eigenvalue weighted by atomic mass is 35.5. The lowest BCUT2D eigenvalue weighted by molar-refractivity contribution is 0.802. The normalized spacial score (nSPS) is 10.8. The summed E-state index contributed by atoms with van der Waals surface area (Å²) in [6.45, 7) is 4.12. The quantitative estimate of drug-likeness (QED) is 0.799. The monoisotopic (exact) mass is 266 g/mol. The number of aromatic nitrogens is 4. The fourth-order valence-corrected chi connectivity index (χ4v) is 2.74. The molecule has 0 radical (unpaired) electrons. The molecule has 17 heavy (non-hydrogen) atoms. The molecule has 88 valence electrons. The first kappa shape index (κ1) is 12.3. The first-order valence-electron chi connectivity index (χ1n) is 5.12. The van der Waals surface area contributed by atoms with E-state index in [4.69, 9.17) is 11.6 Å². The average Bonchev–Trinajstić information content (AvgIpc) is 2.30. The minimum Gasteiger partial charge on any atom is -0.260 e. The van der Waals surface area contributed by atoms with Crippen LogP contribution in [0.4, 0.5) is 0 Å². The minimum atomic E-state index is 0.267. The predicted molar refractivity (Wildman–Crippen MR) is 67.3 cm³/mol. The molecule has 0 fully saturated rings. The topological polar surface area (TPSA) is 51.6 Å². The van der Waals surface area contributed by atoms with Crippen LogP contribution in [-0.4, -0.2) is 19.9 Å². The van der Waals surface area contributed by atoms with Crippen LogP contribution in [0.3, 0.4) is 0 Å². The zero-order valence-electron chi connectivity index (χ0n) is 9.46. The molecule has 0 amide bonds. The van der Waals surface area contributed by atoms with E-state index in [0.717, 1.165) is 15.6 Å². The lowest BCUT2D eigenvalue weighted by atomic mass is 10.1. The maximum Gasteiger partial charge on any atom is 0.137 e. The molecule has 2 heterocycles. The molecular weight excluding hydrogens is 256 g/mol. The number of hydrogen-bond acceptors (Lipinski definition) is 5. The highest BCUT2D eigenvalue weighted by molar-refractivity contribution is 7.99. The van der Waals surface area contributed by atoms with Gasteiger partial charge in [0.2, 0.25) is 0 Å². The Labute approximate surface area is 109 Å². The van der Waals surface area contributed by atoms with Crippen molar-refractivity contribution in [2.75, 3.05) is 0 Å². The van der Waals surface area contributed by atoms with Gasteiger partial charge in [-0.3, -0.25) is 4.98 Å². The van der Waals surface area contributed by atoms with Gasteiger partial charge in [-0.1, -0.05) is 25.4 Å². The largest absolute Gasteiger partial charge is 0.260 e. The van der Waals surface area contributed by atoms with Crippen LogP contribution in [-0.2, 0) is 0 Å². The molecule has 0 spiro atoms. The van der Waals surface area contributed by atoms with Crippen molar-refractivity contribution in [2.24, 2.45) is 0 Å². The average molecular weight is 267 g/mol. The Hall–Kier alpha value is -1.20. The van der Waals surface area contributed by atoms with Gasteiger partial charge >= 0.3 is 0 Å². The molecule has 0 unspecified atom stereocenters. The van der Waals surface area contributed by atoms with E-state index < -0.39 is 0 Å². The second kappa shape index (κ2) is 5.42. The summed E-state index contributed by atoms with van der Waals surface area (Å²) >= 11 is 7.54. The van der Waals surface area contributed by atoms with Crippen molar-refractivity contribution in [1.82, 2.24) is 19.9 Å². The standard InChI is InChI=1S/C11H11ClN4S/c1-7(2)9-10(12)15-6-16-11(9)17-8-5-13-3-4-14-8/h3-7H,1-2H3. The third-order valence-electron chi connectivity index (χ3n) is 2.12. The molecule has 2 aromatic heterocycles. The Morgan fingerprint density at radius 2 is 2.00 bits per heavy atom. The van der Waals surface area contributed by atoms with E-state index in [1.54, 1.807) is 18.6 Å². The number of nitrogens with zero attached hydrogens (tertiary/aromatic N) is 4. The van der Waals surface area contributed by atoms with E-state index >= 15 is 0 Å². The van der Waals surface area contributed by atoms with Crippen LogP contribution in [0, 0.1) is 0 Å². The second-order valence-electron chi connectivity index (χ2n) is 3.68. The van der Waals surface area contributed by atoms with Gasteiger partial charge in [-0.25, -0.2) is 15.0 Å². The van der Waals surface area contributed by atoms with Gasteiger partial charge < -0.3 is 0 Å². The van der Waals surface area contributed by atoms with Gasteiger partial charge in [0.05, 0.1) is 6.20 Å². The zero-order chi connectivity index (χ0) is 12.3. The van der Waals surface area contributed by atoms with E-state index in [2.05, 4.69) is 33.8 Å². The SMILES string of the molecule is CC(C)c1c(Cl)ncnc1Sc1cnccn1.